The minimum Gasteiger partial charge on any atom is -0.383 e. The first kappa shape index (κ1) is 22.4. The summed E-state index contributed by atoms with van der Waals surface area (Å²) in [4.78, 5) is 12.5. The van der Waals surface area contributed by atoms with E-state index >= 15 is 0 Å². The molecule has 0 aromatic heterocycles. The lowest BCUT2D eigenvalue weighted by atomic mass is 10.1. The van der Waals surface area contributed by atoms with Crippen molar-refractivity contribution >= 4 is 27.5 Å². The molecule has 8 heteroatoms. The Hall–Kier alpha value is -1.93. The molecule has 0 bridgehead atoms. The van der Waals surface area contributed by atoms with Crippen LogP contribution in [0.25, 0.3) is 0 Å². The summed E-state index contributed by atoms with van der Waals surface area (Å²) >= 11 is 5.88. The number of carbonyl (C=O) groups is 1. The quantitative estimate of drug-likeness (QED) is 0.671. The van der Waals surface area contributed by atoms with Gasteiger partial charge >= 0.3 is 0 Å². The van der Waals surface area contributed by atoms with Crippen molar-refractivity contribution in [1.29, 1.82) is 0 Å². The van der Waals surface area contributed by atoms with Crippen LogP contribution < -0.4 is 5.32 Å². The summed E-state index contributed by atoms with van der Waals surface area (Å²) in [5.41, 5.74) is 1.78. The van der Waals surface area contributed by atoms with Crippen LogP contribution in [0.1, 0.15) is 18.1 Å². The van der Waals surface area contributed by atoms with Crippen molar-refractivity contribution in [1.82, 2.24) is 9.62 Å². The maximum Gasteiger partial charge on any atom is 0.243 e. The first-order valence-electron chi connectivity index (χ1n) is 8.82. The van der Waals surface area contributed by atoms with E-state index in [4.69, 9.17) is 16.3 Å². The second-order valence-electron chi connectivity index (χ2n) is 6.58. The Morgan fingerprint density at radius 2 is 1.82 bits per heavy atom. The lowest BCUT2D eigenvalue weighted by molar-refractivity contribution is -0.122. The predicted molar refractivity (Wildman–Crippen MR) is 110 cm³/mol. The van der Waals surface area contributed by atoms with Crippen molar-refractivity contribution < 1.29 is 17.9 Å². The van der Waals surface area contributed by atoms with E-state index in [0.29, 0.717) is 11.6 Å². The second kappa shape index (κ2) is 10.0. The molecule has 0 radical (unpaired) electrons. The number of carbonyl (C=O) groups excluding carboxylic acids is 1. The van der Waals surface area contributed by atoms with Gasteiger partial charge in [0.15, 0.2) is 0 Å². The average Bonchev–Trinajstić information content (AvgIpc) is 2.63. The number of halogens is 1. The van der Waals surface area contributed by atoms with Gasteiger partial charge in [-0.1, -0.05) is 35.9 Å². The molecule has 2 aromatic carbocycles. The number of hydrogen-bond acceptors (Lipinski definition) is 4. The lowest BCUT2D eigenvalue weighted by Gasteiger charge is -2.24. The molecule has 0 spiro atoms. The summed E-state index contributed by atoms with van der Waals surface area (Å²) in [6, 6.07) is 13.2. The Balaban J connectivity index is 2.31. The van der Waals surface area contributed by atoms with Crippen molar-refractivity contribution in [2.24, 2.45) is 0 Å². The number of nitrogens with one attached hydrogen (secondary N) is 1. The topological polar surface area (TPSA) is 75.7 Å². The molecule has 2 rings (SSSR count). The smallest absolute Gasteiger partial charge is 0.243 e. The number of amides is 1. The third kappa shape index (κ3) is 6.04. The average molecular weight is 425 g/mol. The normalized spacial score (nSPS) is 12.8. The number of rotatable bonds is 9. The van der Waals surface area contributed by atoms with Crippen LogP contribution in [-0.2, 0) is 26.1 Å². The van der Waals surface area contributed by atoms with Gasteiger partial charge in [-0.2, -0.15) is 4.31 Å². The van der Waals surface area contributed by atoms with E-state index in [1.807, 2.05) is 31.2 Å². The van der Waals surface area contributed by atoms with E-state index in [1.165, 1.54) is 35.7 Å². The summed E-state index contributed by atoms with van der Waals surface area (Å²) in [7, 11) is -2.35. The lowest BCUT2D eigenvalue weighted by Crippen LogP contribution is -2.44. The standard InChI is InChI=1S/C20H25ClN2O4S/c1-15-6-4-5-7-17(15)12-23(13-20(24)22-16(2)14-27-3)28(25,26)19-10-8-18(21)9-11-19/h4-11,16H,12-14H2,1-3H3,(H,22,24)/t16-/m1/s1. The Kier molecular flexibility index (Phi) is 8.00. The van der Waals surface area contributed by atoms with E-state index in [-0.39, 0.29) is 24.0 Å². The van der Waals surface area contributed by atoms with Gasteiger partial charge in [0.2, 0.25) is 15.9 Å². The third-order valence-corrected chi connectivity index (χ3v) is 6.26. The van der Waals surface area contributed by atoms with E-state index < -0.39 is 15.9 Å². The van der Waals surface area contributed by atoms with Gasteiger partial charge in [-0.3, -0.25) is 4.79 Å². The number of methoxy groups -OCH3 is 1. The van der Waals surface area contributed by atoms with Gasteiger partial charge in [0, 0.05) is 24.7 Å². The van der Waals surface area contributed by atoms with Gasteiger partial charge in [-0.05, 0) is 49.2 Å². The van der Waals surface area contributed by atoms with Crippen LogP contribution in [0.3, 0.4) is 0 Å². The van der Waals surface area contributed by atoms with Crippen molar-refractivity contribution in [2.45, 2.75) is 31.3 Å². The van der Waals surface area contributed by atoms with Crippen LogP contribution in [0.5, 0.6) is 0 Å². The van der Waals surface area contributed by atoms with Gasteiger partial charge in [-0.15, -0.1) is 0 Å². The number of ether oxygens (including phenoxy) is 1. The maximum atomic E-state index is 13.2. The van der Waals surface area contributed by atoms with Gasteiger partial charge in [-0.25, -0.2) is 8.42 Å². The number of aryl methyl sites for hydroxylation is 1. The number of benzene rings is 2. The molecule has 0 heterocycles. The molecule has 0 aliphatic carbocycles. The van der Waals surface area contributed by atoms with E-state index in [0.717, 1.165) is 11.1 Å². The van der Waals surface area contributed by atoms with Gasteiger partial charge in [0.1, 0.15) is 0 Å². The zero-order valence-electron chi connectivity index (χ0n) is 16.2. The highest BCUT2D eigenvalue weighted by molar-refractivity contribution is 7.89. The van der Waals surface area contributed by atoms with Crippen LogP contribution >= 0.6 is 11.6 Å². The SMILES string of the molecule is COC[C@@H](C)NC(=O)CN(Cc1ccccc1C)S(=O)(=O)c1ccc(Cl)cc1. The number of sulfonamides is 1. The van der Waals surface area contributed by atoms with Crippen LogP contribution in [0.2, 0.25) is 5.02 Å². The fourth-order valence-electron chi connectivity index (χ4n) is 2.73. The molecule has 1 atom stereocenters. The molecule has 28 heavy (non-hydrogen) atoms. The number of nitrogens with zero attached hydrogens (tertiary/aromatic N) is 1. The molecule has 0 saturated heterocycles. The van der Waals surface area contributed by atoms with E-state index in [2.05, 4.69) is 5.32 Å². The van der Waals surface area contributed by atoms with Gasteiger partial charge < -0.3 is 10.1 Å². The fourth-order valence-corrected chi connectivity index (χ4v) is 4.23. The molecule has 0 saturated carbocycles. The van der Waals surface area contributed by atoms with Crippen molar-refractivity contribution in [3.63, 3.8) is 0 Å². The third-order valence-electron chi connectivity index (χ3n) is 4.20. The zero-order chi connectivity index (χ0) is 20.7. The number of hydrogen-bond donors (Lipinski definition) is 1. The summed E-state index contributed by atoms with van der Waals surface area (Å²) in [5.74, 6) is -0.393. The molecular formula is C20H25ClN2O4S. The minimum atomic E-state index is -3.89. The first-order chi connectivity index (χ1) is 13.2. The first-order valence-corrected chi connectivity index (χ1v) is 10.6. The van der Waals surface area contributed by atoms with Crippen LogP contribution in [-0.4, -0.2) is 44.9 Å². The Bertz CT molecular complexity index is 901. The molecule has 0 unspecified atom stereocenters. The van der Waals surface area contributed by atoms with Crippen molar-refractivity contribution in [3.05, 3.63) is 64.7 Å². The van der Waals surface area contributed by atoms with Crippen LogP contribution in [0, 0.1) is 6.92 Å². The van der Waals surface area contributed by atoms with Crippen molar-refractivity contribution in [2.75, 3.05) is 20.3 Å². The molecule has 6 nitrogen and oxygen atoms in total. The Morgan fingerprint density at radius 1 is 1.18 bits per heavy atom. The molecule has 1 amide bonds. The second-order valence-corrected chi connectivity index (χ2v) is 8.95. The molecule has 0 aliphatic rings. The van der Waals surface area contributed by atoms with Crippen LogP contribution in [0.15, 0.2) is 53.4 Å². The van der Waals surface area contributed by atoms with Gasteiger partial charge in [0.05, 0.1) is 18.0 Å². The van der Waals surface area contributed by atoms with E-state index in [1.54, 1.807) is 6.92 Å². The van der Waals surface area contributed by atoms with Crippen LogP contribution in [0.4, 0.5) is 0 Å². The zero-order valence-corrected chi connectivity index (χ0v) is 17.8. The minimum absolute atomic E-state index is 0.0863. The summed E-state index contributed by atoms with van der Waals surface area (Å²) in [5, 5.41) is 3.19. The highest BCUT2D eigenvalue weighted by atomic mass is 35.5. The van der Waals surface area contributed by atoms with Gasteiger partial charge in [0.25, 0.3) is 0 Å². The van der Waals surface area contributed by atoms with E-state index in [9.17, 15) is 13.2 Å². The molecule has 0 fully saturated rings. The predicted octanol–water partition coefficient (Wildman–Crippen LogP) is 2.99. The summed E-state index contributed by atoms with van der Waals surface area (Å²) in [6.07, 6.45) is 0. The van der Waals surface area contributed by atoms with Crippen molar-refractivity contribution in [3.8, 4) is 0 Å². The maximum absolute atomic E-state index is 13.2. The molecule has 152 valence electrons. The largest absolute Gasteiger partial charge is 0.383 e. The Morgan fingerprint density at radius 3 is 2.43 bits per heavy atom. The monoisotopic (exact) mass is 424 g/mol. The summed E-state index contributed by atoms with van der Waals surface area (Å²) in [6.45, 7) is 3.83. The highest BCUT2D eigenvalue weighted by Gasteiger charge is 2.27. The fraction of sp³-hybridized carbons (Fsp3) is 0.350. The molecule has 0 aliphatic heterocycles. The highest BCUT2D eigenvalue weighted by Crippen LogP contribution is 2.21. The molecule has 2 aromatic rings. The Labute approximate surface area is 171 Å². The molecular weight excluding hydrogens is 400 g/mol. The molecule has 1 N–H and O–H groups in total. The summed E-state index contributed by atoms with van der Waals surface area (Å²) < 4.78 is 32.6.